The Bertz CT molecular complexity index is 567. The second-order valence-corrected chi connectivity index (χ2v) is 3.77. The van der Waals surface area contributed by atoms with E-state index in [-0.39, 0.29) is 11.9 Å². The van der Waals surface area contributed by atoms with E-state index in [4.69, 9.17) is 5.73 Å². The topological polar surface area (TPSA) is 72.1 Å². The van der Waals surface area contributed by atoms with E-state index in [2.05, 4.69) is 9.97 Å². The van der Waals surface area contributed by atoms with Gasteiger partial charge in [-0.1, -0.05) is 18.2 Å². The molecule has 0 aliphatic rings. The van der Waals surface area contributed by atoms with Gasteiger partial charge in [0.15, 0.2) is 0 Å². The summed E-state index contributed by atoms with van der Waals surface area (Å²) in [6.45, 7) is 2.53. The molecule has 0 atom stereocenters. The lowest BCUT2D eigenvalue weighted by molar-refractivity contribution is 0.0799. The first kappa shape index (κ1) is 11.3. The highest BCUT2D eigenvalue weighted by Crippen LogP contribution is 2.17. The summed E-state index contributed by atoms with van der Waals surface area (Å²) in [4.78, 5) is 21.9. The number of fused-ring (bicyclic) bond motifs is 1. The Labute approximate surface area is 99.3 Å². The number of hydrogen-bond acceptors (Lipinski definition) is 4. The molecule has 2 aromatic rings. The number of nitrogen functional groups attached to an aromatic ring is 1. The minimum absolute atomic E-state index is 0.122. The second-order valence-electron chi connectivity index (χ2n) is 3.77. The predicted octanol–water partition coefficient (Wildman–Crippen LogP) is 1.30. The molecule has 0 bridgehead atoms. The Balaban J connectivity index is 2.64. The molecule has 0 aliphatic carbocycles. The number of nitrogens with zero attached hydrogens (tertiary/aromatic N) is 3. The highest BCUT2D eigenvalue weighted by atomic mass is 16.2. The maximum absolute atomic E-state index is 12.1. The van der Waals surface area contributed by atoms with Gasteiger partial charge in [0.1, 0.15) is 5.69 Å². The molecule has 5 nitrogen and oxygen atoms in total. The van der Waals surface area contributed by atoms with Crippen LogP contribution in [0.25, 0.3) is 10.9 Å². The number of nitrogens with two attached hydrogens (primary N) is 1. The summed E-state index contributed by atoms with van der Waals surface area (Å²) in [5, 5.41) is 0.729. The van der Waals surface area contributed by atoms with Crippen molar-refractivity contribution in [1.29, 1.82) is 0 Å². The molecule has 1 aromatic heterocycles. The molecular formula is C12H14N4O. The molecule has 5 heteroatoms. The molecule has 0 saturated heterocycles. The summed E-state index contributed by atoms with van der Waals surface area (Å²) < 4.78 is 0. The Hall–Kier alpha value is -2.17. The minimum atomic E-state index is -0.141. The van der Waals surface area contributed by atoms with Crippen molar-refractivity contribution in [3.8, 4) is 0 Å². The van der Waals surface area contributed by atoms with Gasteiger partial charge in [0.2, 0.25) is 5.95 Å². The van der Waals surface area contributed by atoms with E-state index in [0.29, 0.717) is 17.8 Å². The highest BCUT2D eigenvalue weighted by molar-refractivity contribution is 6.04. The van der Waals surface area contributed by atoms with Crippen molar-refractivity contribution < 1.29 is 4.79 Å². The second kappa shape index (κ2) is 4.37. The van der Waals surface area contributed by atoms with Crippen LogP contribution in [0.2, 0.25) is 0 Å². The average Bonchev–Trinajstić information content (AvgIpc) is 2.35. The number of aromatic nitrogens is 2. The van der Waals surface area contributed by atoms with Crippen molar-refractivity contribution in [2.75, 3.05) is 19.3 Å². The van der Waals surface area contributed by atoms with E-state index in [1.807, 2.05) is 31.2 Å². The lowest BCUT2D eigenvalue weighted by atomic mass is 10.1. The van der Waals surface area contributed by atoms with Crippen LogP contribution in [0.4, 0.5) is 5.95 Å². The molecule has 0 saturated carbocycles. The molecular weight excluding hydrogens is 216 g/mol. The number of rotatable bonds is 2. The quantitative estimate of drug-likeness (QED) is 0.844. The summed E-state index contributed by atoms with van der Waals surface area (Å²) >= 11 is 0. The standard InChI is InChI=1S/C12H14N4O/c1-3-16(2)11(17)10-8-6-4-5-7-9(8)14-12(13)15-10/h4-7H,3H2,1-2H3,(H2,13,14,15). The molecule has 0 fully saturated rings. The van der Waals surface area contributed by atoms with E-state index < -0.39 is 0 Å². The number of anilines is 1. The van der Waals surface area contributed by atoms with Crippen LogP contribution in [0.1, 0.15) is 17.4 Å². The van der Waals surface area contributed by atoms with Crippen molar-refractivity contribution >= 4 is 22.8 Å². The summed E-state index contributed by atoms with van der Waals surface area (Å²) in [5.41, 5.74) is 6.66. The number of amides is 1. The van der Waals surface area contributed by atoms with E-state index in [1.54, 1.807) is 11.9 Å². The van der Waals surface area contributed by atoms with Gasteiger partial charge in [0.25, 0.3) is 5.91 Å². The van der Waals surface area contributed by atoms with Crippen LogP contribution in [0.5, 0.6) is 0 Å². The van der Waals surface area contributed by atoms with E-state index in [9.17, 15) is 4.79 Å². The first-order valence-electron chi connectivity index (χ1n) is 5.41. The van der Waals surface area contributed by atoms with Gasteiger partial charge in [-0.25, -0.2) is 9.97 Å². The van der Waals surface area contributed by atoms with Gasteiger partial charge in [-0.2, -0.15) is 0 Å². The van der Waals surface area contributed by atoms with Gasteiger partial charge < -0.3 is 10.6 Å². The zero-order chi connectivity index (χ0) is 12.4. The SMILES string of the molecule is CCN(C)C(=O)c1nc(N)nc2ccccc12. The van der Waals surface area contributed by atoms with Crippen LogP contribution in [0, 0.1) is 0 Å². The Morgan fingerprint density at radius 1 is 1.35 bits per heavy atom. The maximum Gasteiger partial charge on any atom is 0.273 e. The van der Waals surface area contributed by atoms with Gasteiger partial charge in [0, 0.05) is 19.0 Å². The molecule has 1 aromatic carbocycles. The monoisotopic (exact) mass is 230 g/mol. The maximum atomic E-state index is 12.1. The number of benzene rings is 1. The van der Waals surface area contributed by atoms with Crippen molar-refractivity contribution in [1.82, 2.24) is 14.9 Å². The molecule has 2 rings (SSSR count). The molecule has 0 radical (unpaired) electrons. The zero-order valence-electron chi connectivity index (χ0n) is 9.84. The lowest BCUT2D eigenvalue weighted by Crippen LogP contribution is -2.27. The van der Waals surface area contributed by atoms with Gasteiger partial charge in [-0.05, 0) is 13.0 Å². The largest absolute Gasteiger partial charge is 0.368 e. The van der Waals surface area contributed by atoms with Crippen molar-refractivity contribution in [2.24, 2.45) is 0 Å². The van der Waals surface area contributed by atoms with Crippen LogP contribution in [-0.2, 0) is 0 Å². The summed E-state index contributed by atoms with van der Waals surface area (Å²) in [6, 6.07) is 7.35. The Morgan fingerprint density at radius 3 is 2.76 bits per heavy atom. The first-order chi connectivity index (χ1) is 8.13. The van der Waals surface area contributed by atoms with Crippen LogP contribution >= 0.6 is 0 Å². The Kier molecular flexibility index (Phi) is 2.91. The van der Waals surface area contributed by atoms with Crippen LogP contribution in [0.3, 0.4) is 0 Å². The third-order valence-electron chi connectivity index (χ3n) is 2.64. The zero-order valence-corrected chi connectivity index (χ0v) is 9.84. The normalized spacial score (nSPS) is 10.5. The molecule has 0 spiro atoms. The number of hydrogen-bond donors (Lipinski definition) is 1. The fraction of sp³-hybridized carbons (Fsp3) is 0.250. The minimum Gasteiger partial charge on any atom is -0.368 e. The molecule has 17 heavy (non-hydrogen) atoms. The van der Waals surface area contributed by atoms with Crippen molar-refractivity contribution in [3.05, 3.63) is 30.0 Å². The van der Waals surface area contributed by atoms with Crippen molar-refractivity contribution in [2.45, 2.75) is 6.92 Å². The fourth-order valence-electron chi connectivity index (χ4n) is 1.58. The lowest BCUT2D eigenvalue weighted by Gasteiger charge is -2.15. The number of carbonyl (C=O) groups is 1. The van der Waals surface area contributed by atoms with Crippen LogP contribution in [0.15, 0.2) is 24.3 Å². The number of carbonyl (C=O) groups excluding carboxylic acids is 1. The van der Waals surface area contributed by atoms with Crippen LogP contribution in [-0.4, -0.2) is 34.4 Å². The first-order valence-corrected chi connectivity index (χ1v) is 5.41. The molecule has 1 heterocycles. The molecule has 88 valence electrons. The fourth-order valence-corrected chi connectivity index (χ4v) is 1.58. The van der Waals surface area contributed by atoms with Crippen molar-refractivity contribution in [3.63, 3.8) is 0 Å². The molecule has 0 unspecified atom stereocenters. The van der Waals surface area contributed by atoms with Gasteiger partial charge in [0.05, 0.1) is 5.52 Å². The van der Waals surface area contributed by atoms with Crippen LogP contribution < -0.4 is 5.73 Å². The summed E-state index contributed by atoms with van der Waals surface area (Å²) in [7, 11) is 1.73. The summed E-state index contributed by atoms with van der Waals surface area (Å²) in [6.07, 6.45) is 0. The highest BCUT2D eigenvalue weighted by Gasteiger charge is 2.16. The van der Waals surface area contributed by atoms with E-state index >= 15 is 0 Å². The van der Waals surface area contributed by atoms with E-state index in [1.165, 1.54) is 0 Å². The number of para-hydroxylation sites is 1. The molecule has 1 amide bonds. The smallest absolute Gasteiger partial charge is 0.273 e. The average molecular weight is 230 g/mol. The van der Waals surface area contributed by atoms with Gasteiger partial charge in [-0.15, -0.1) is 0 Å². The molecule has 2 N–H and O–H groups in total. The van der Waals surface area contributed by atoms with Gasteiger partial charge in [-0.3, -0.25) is 4.79 Å². The Morgan fingerprint density at radius 2 is 2.06 bits per heavy atom. The van der Waals surface area contributed by atoms with E-state index in [0.717, 1.165) is 5.39 Å². The predicted molar refractivity (Wildman–Crippen MR) is 66.6 cm³/mol. The van der Waals surface area contributed by atoms with Gasteiger partial charge >= 0.3 is 0 Å². The summed E-state index contributed by atoms with van der Waals surface area (Å²) in [5.74, 6) is -0.0191. The third kappa shape index (κ3) is 2.04. The molecule has 0 aliphatic heterocycles. The third-order valence-corrected chi connectivity index (χ3v) is 2.64.